The van der Waals surface area contributed by atoms with Crippen LogP contribution >= 0.6 is 0 Å². The molecule has 1 unspecified atom stereocenters. The fourth-order valence-corrected chi connectivity index (χ4v) is 3.31. The van der Waals surface area contributed by atoms with Crippen molar-refractivity contribution in [3.05, 3.63) is 28.8 Å². The van der Waals surface area contributed by atoms with Gasteiger partial charge >= 0.3 is 128 Å². The van der Waals surface area contributed by atoms with Gasteiger partial charge in [0, 0.05) is 0 Å². The van der Waals surface area contributed by atoms with E-state index in [1.165, 1.54) is 6.07 Å². The van der Waals surface area contributed by atoms with Gasteiger partial charge < -0.3 is 0 Å². The van der Waals surface area contributed by atoms with Crippen LogP contribution in [0.4, 0.5) is 13.2 Å². The van der Waals surface area contributed by atoms with Crippen LogP contribution in [0.3, 0.4) is 0 Å². The SMILES string of the molecule is O=C1O[CH]([Po])c2cc(OC3CCC3)cc(C(F)(F)F)c21. The molecule has 1 aliphatic heterocycles. The molecule has 0 spiro atoms. The number of esters is 1. The Morgan fingerprint density at radius 3 is 2.55 bits per heavy atom. The van der Waals surface area contributed by atoms with E-state index < -0.39 is 21.5 Å². The zero-order chi connectivity index (χ0) is 14.5. The van der Waals surface area contributed by atoms with Gasteiger partial charge in [0.15, 0.2) is 0 Å². The van der Waals surface area contributed by atoms with Crippen LogP contribution < -0.4 is 4.74 Å². The maximum atomic E-state index is 13.1. The molecule has 7 heteroatoms. The van der Waals surface area contributed by atoms with E-state index >= 15 is 0 Å². The molecule has 20 heavy (non-hydrogen) atoms. The quantitative estimate of drug-likeness (QED) is 0.611. The van der Waals surface area contributed by atoms with Gasteiger partial charge in [-0.15, -0.1) is 0 Å². The van der Waals surface area contributed by atoms with Crippen LogP contribution in [-0.2, 0) is 10.9 Å². The van der Waals surface area contributed by atoms with E-state index in [0.717, 1.165) is 50.4 Å². The first-order chi connectivity index (χ1) is 9.36. The van der Waals surface area contributed by atoms with Crippen molar-refractivity contribution < 1.29 is 27.4 Å². The minimum atomic E-state index is -4.60. The molecule has 0 saturated heterocycles. The third-order valence-corrected chi connectivity index (χ3v) is 4.84. The number of cyclic esters (lactones) is 1. The molecule has 0 amide bonds. The number of hydrogen-bond donors (Lipinski definition) is 0. The van der Waals surface area contributed by atoms with Gasteiger partial charge in [-0.2, -0.15) is 0 Å². The number of carbonyl (C=O) groups is 1. The van der Waals surface area contributed by atoms with Gasteiger partial charge in [-0.3, -0.25) is 0 Å². The fourth-order valence-electron chi connectivity index (χ4n) is 2.24. The van der Waals surface area contributed by atoms with Crippen LogP contribution in [0, 0.1) is 0 Å². The Kier molecular flexibility index (Phi) is 3.44. The Labute approximate surface area is 128 Å². The molecule has 3 nitrogen and oxygen atoms in total. The number of ether oxygens (including phenoxy) is 2. The molecule has 1 aromatic rings. The summed E-state index contributed by atoms with van der Waals surface area (Å²) in [4.78, 5) is 11.6. The molecule has 1 saturated carbocycles. The van der Waals surface area contributed by atoms with E-state index in [4.69, 9.17) is 9.47 Å². The fraction of sp³-hybridized carbons (Fsp3) is 0.462. The van der Waals surface area contributed by atoms with E-state index in [1.807, 2.05) is 0 Å². The molecule has 1 heterocycles. The van der Waals surface area contributed by atoms with Crippen LogP contribution in [0.15, 0.2) is 12.1 Å². The third kappa shape index (κ3) is 2.41. The van der Waals surface area contributed by atoms with Gasteiger partial charge in [0.1, 0.15) is 0 Å². The van der Waals surface area contributed by atoms with Gasteiger partial charge in [0.05, 0.1) is 0 Å². The molecular formula is C13H10F3O3Po. The number of hydrogen-bond acceptors (Lipinski definition) is 3. The monoisotopic (exact) mass is 480 g/mol. The molecular weight excluding hydrogens is 470 g/mol. The first-order valence-electron chi connectivity index (χ1n) is 6.15. The van der Waals surface area contributed by atoms with Crippen LogP contribution in [0.1, 0.15) is 44.5 Å². The second-order valence-corrected chi connectivity index (χ2v) is 6.51. The zero-order valence-electron chi connectivity index (χ0n) is 10.2. The average Bonchev–Trinajstić information content (AvgIpc) is 2.58. The molecule has 1 radical (unpaired) electrons. The Balaban J connectivity index is 2.06. The first kappa shape index (κ1) is 14.1. The van der Waals surface area contributed by atoms with E-state index in [9.17, 15) is 18.0 Å². The van der Waals surface area contributed by atoms with Crippen molar-refractivity contribution in [3.8, 4) is 5.75 Å². The molecule has 0 bridgehead atoms. The Hall–Kier alpha value is -0.824. The topological polar surface area (TPSA) is 35.5 Å². The van der Waals surface area contributed by atoms with Gasteiger partial charge in [-0.25, -0.2) is 0 Å². The van der Waals surface area contributed by atoms with Crippen molar-refractivity contribution in [3.63, 3.8) is 0 Å². The summed E-state index contributed by atoms with van der Waals surface area (Å²) >= 11 is 0.890. The normalized spacial score (nSPS) is 22.2. The van der Waals surface area contributed by atoms with Crippen molar-refractivity contribution in [1.29, 1.82) is 0 Å². The van der Waals surface area contributed by atoms with Gasteiger partial charge in [0.25, 0.3) is 0 Å². The van der Waals surface area contributed by atoms with Crippen molar-refractivity contribution >= 4 is 31.0 Å². The molecule has 0 N–H and O–H groups in total. The maximum absolute atomic E-state index is 13.1. The number of carbonyl (C=O) groups excluding carboxylic acids is 1. The van der Waals surface area contributed by atoms with E-state index in [0.29, 0.717) is 0 Å². The summed E-state index contributed by atoms with van der Waals surface area (Å²) in [7, 11) is 0. The van der Waals surface area contributed by atoms with Gasteiger partial charge in [0.2, 0.25) is 0 Å². The number of fused-ring (bicyclic) bond motifs is 1. The van der Waals surface area contributed by atoms with Crippen molar-refractivity contribution in [2.75, 3.05) is 0 Å². The van der Waals surface area contributed by atoms with Crippen molar-refractivity contribution in [2.24, 2.45) is 0 Å². The average molecular weight is 480 g/mol. The molecule has 1 atom stereocenters. The number of benzene rings is 1. The Morgan fingerprint density at radius 2 is 2.00 bits per heavy atom. The van der Waals surface area contributed by atoms with E-state index in [2.05, 4.69) is 0 Å². The molecule has 2 aliphatic rings. The van der Waals surface area contributed by atoms with Gasteiger partial charge in [-0.1, -0.05) is 0 Å². The summed E-state index contributed by atoms with van der Waals surface area (Å²) in [6.07, 6.45) is -1.87. The Morgan fingerprint density at radius 1 is 1.30 bits per heavy atom. The third-order valence-electron chi connectivity index (χ3n) is 3.47. The van der Waals surface area contributed by atoms with Crippen molar-refractivity contribution in [1.82, 2.24) is 0 Å². The van der Waals surface area contributed by atoms with Crippen LogP contribution in [0.25, 0.3) is 0 Å². The summed E-state index contributed by atoms with van der Waals surface area (Å²) in [6, 6.07) is 2.41. The molecule has 1 aromatic carbocycles. The summed E-state index contributed by atoms with van der Waals surface area (Å²) in [6.45, 7) is 0. The van der Waals surface area contributed by atoms with E-state index in [1.54, 1.807) is 0 Å². The van der Waals surface area contributed by atoms with Crippen molar-refractivity contribution in [2.45, 2.75) is 35.3 Å². The summed E-state index contributed by atoms with van der Waals surface area (Å²) in [5.74, 6) is -0.729. The van der Waals surface area contributed by atoms with Crippen LogP contribution in [0.5, 0.6) is 5.75 Å². The number of alkyl halides is 3. The molecule has 0 aromatic heterocycles. The second kappa shape index (κ2) is 4.87. The summed E-state index contributed by atoms with van der Waals surface area (Å²) < 4.78 is 49.2. The van der Waals surface area contributed by atoms with Crippen LogP contribution in [-0.4, -0.2) is 37.1 Å². The minimum absolute atomic E-state index is 0.0187. The summed E-state index contributed by atoms with van der Waals surface area (Å²) in [5.41, 5.74) is -1.04. The Bertz CT molecular complexity index is 567. The number of halogens is 3. The standard InChI is InChI=1S/C13H10F3O3.Po/c14-13(15,16)10-5-9(19-8-2-1-3-8)4-7-6-18-12(17)11(7)10;/h4-6,8H,1-3H2;. The number of rotatable bonds is 2. The first-order valence-corrected chi connectivity index (χ1v) is 7.98. The summed E-state index contributed by atoms with van der Waals surface area (Å²) in [5, 5.41) is 0. The van der Waals surface area contributed by atoms with Gasteiger partial charge in [-0.05, 0) is 0 Å². The second-order valence-electron chi connectivity index (χ2n) is 4.84. The van der Waals surface area contributed by atoms with E-state index in [-0.39, 0.29) is 23.0 Å². The molecule has 3 rings (SSSR count). The van der Waals surface area contributed by atoms with Crippen LogP contribution in [0.2, 0.25) is 0 Å². The zero-order valence-corrected chi connectivity index (χ0v) is 13.4. The predicted molar refractivity (Wildman–Crippen MR) is 63.6 cm³/mol. The molecule has 107 valence electrons. The molecule has 1 aliphatic carbocycles. The molecule has 1 fully saturated rings. The predicted octanol–water partition coefficient (Wildman–Crippen LogP) is 2.97.